The van der Waals surface area contributed by atoms with Crippen LogP contribution >= 0.6 is 0 Å². The Kier molecular flexibility index (Phi) is 8.24. The fraction of sp³-hybridized carbons (Fsp3) is 0.625. The molecule has 0 aliphatic rings. The molecule has 21 heavy (non-hydrogen) atoms. The van der Waals surface area contributed by atoms with Crippen LogP contribution in [0, 0.1) is 10.1 Å². The number of hydrogen-bond donors (Lipinski definition) is 1. The number of hydrogen-bond acceptors (Lipinski definition) is 4. The Hall–Kier alpha value is -1.78. The van der Waals surface area contributed by atoms with Gasteiger partial charge in [-0.1, -0.05) is 45.1 Å². The summed E-state index contributed by atoms with van der Waals surface area (Å²) in [6.07, 6.45) is 7.22. The number of nitrogens with zero attached hydrogens (tertiary/aromatic N) is 1. The molecule has 0 heterocycles. The first-order valence-electron chi connectivity index (χ1n) is 7.84. The van der Waals surface area contributed by atoms with Gasteiger partial charge in [0.15, 0.2) is 5.75 Å². The number of benzene rings is 1. The number of para-hydroxylation sites is 1. The van der Waals surface area contributed by atoms with Crippen LogP contribution in [0.2, 0.25) is 0 Å². The summed E-state index contributed by atoms with van der Waals surface area (Å²) in [6.45, 7) is 5.19. The molecule has 0 radical (unpaired) electrons. The van der Waals surface area contributed by atoms with Gasteiger partial charge in [0.2, 0.25) is 0 Å². The van der Waals surface area contributed by atoms with Gasteiger partial charge in [-0.25, -0.2) is 0 Å². The molecule has 0 atom stereocenters. The minimum atomic E-state index is -0.380. The first-order chi connectivity index (χ1) is 10.2. The van der Waals surface area contributed by atoms with Crippen LogP contribution in [-0.4, -0.2) is 18.1 Å². The minimum absolute atomic E-state index is 0.0327. The van der Waals surface area contributed by atoms with E-state index >= 15 is 0 Å². The van der Waals surface area contributed by atoms with Gasteiger partial charge in [-0.2, -0.15) is 0 Å². The standard InChI is InChI=1S/C16H26N2O3/c1-3-5-6-7-8-9-13-17-14-11-10-12-15(21-4-2)16(14)18(19)20/h10-12,17H,3-9,13H2,1-2H3. The molecule has 0 aromatic heterocycles. The Balaban J connectivity index is 2.50. The smallest absolute Gasteiger partial charge is 0.333 e. The van der Waals surface area contributed by atoms with Gasteiger partial charge in [-0.05, 0) is 25.5 Å². The maximum Gasteiger partial charge on any atom is 0.333 e. The lowest BCUT2D eigenvalue weighted by Crippen LogP contribution is -2.06. The molecule has 0 saturated heterocycles. The average molecular weight is 294 g/mol. The fourth-order valence-corrected chi connectivity index (χ4v) is 2.25. The van der Waals surface area contributed by atoms with Crippen molar-refractivity contribution in [3.05, 3.63) is 28.3 Å². The topological polar surface area (TPSA) is 64.4 Å². The lowest BCUT2D eigenvalue weighted by atomic mass is 10.1. The van der Waals surface area contributed by atoms with Crippen molar-refractivity contribution < 1.29 is 9.66 Å². The van der Waals surface area contributed by atoms with Crippen molar-refractivity contribution in [1.82, 2.24) is 0 Å². The van der Waals surface area contributed by atoms with E-state index in [4.69, 9.17) is 4.74 Å². The number of anilines is 1. The van der Waals surface area contributed by atoms with Crippen molar-refractivity contribution >= 4 is 11.4 Å². The molecule has 5 heteroatoms. The first kappa shape index (κ1) is 17.3. The van der Waals surface area contributed by atoms with Crippen molar-refractivity contribution in [3.8, 4) is 5.75 Å². The number of nitro groups is 1. The molecule has 1 N–H and O–H groups in total. The SMILES string of the molecule is CCCCCCCCNc1cccc(OCC)c1[N+](=O)[O-]. The fourth-order valence-electron chi connectivity index (χ4n) is 2.25. The van der Waals surface area contributed by atoms with E-state index in [1.165, 1.54) is 25.7 Å². The first-order valence-corrected chi connectivity index (χ1v) is 7.84. The van der Waals surface area contributed by atoms with E-state index in [0.717, 1.165) is 19.4 Å². The predicted molar refractivity (Wildman–Crippen MR) is 86.1 cm³/mol. The molecule has 0 aliphatic heterocycles. The Bertz CT molecular complexity index is 436. The molecule has 0 bridgehead atoms. The molecule has 0 unspecified atom stereocenters. The molecule has 5 nitrogen and oxygen atoms in total. The Morgan fingerprint density at radius 3 is 2.52 bits per heavy atom. The highest BCUT2D eigenvalue weighted by atomic mass is 16.6. The Morgan fingerprint density at radius 2 is 1.86 bits per heavy atom. The summed E-state index contributed by atoms with van der Waals surface area (Å²) >= 11 is 0. The molecule has 0 amide bonds. The van der Waals surface area contributed by atoms with Crippen molar-refractivity contribution in [2.45, 2.75) is 52.4 Å². The Labute approximate surface area is 126 Å². The van der Waals surface area contributed by atoms with E-state index in [9.17, 15) is 10.1 Å². The molecule has 0 spiro atoms. The number of nitrogens with one attached hydrogen (secondary N) is 1. The van der Waals surface area contributed by atoms with Gasteiger partial charge in [-0.3, -0.25) is 10.1 Å². The average Bonchev–Trinajstić information content (AvgIpc) is 2.46. The maximum absolute atomic E-state index is 11.2. The number of ether oxygens (including phenoxy) is 1. The largest absolute Gasteiger partial charge is 0.487 e. The zero-order valence-electron chi connectivity index (χ0n) is 13.1. The number of unbranched alkanes of at least 4 members (excludes halogenated alkanes) is 5. The quantitative estimate of drug-likeness (QED) is 0.363. The van der Waals surface area contributed by atoms with Crippen molar-refractivity contribution in [2.75, 3.05) is 18.5 Å². The third-order valence-electron chi connectivity index (χ3n) is 3.33. The second kappa shape index (κ2) is 10.0. The minimum Gasteiger partial charge on any atom is -0.487 e. The van der Waals surface area contributed by atoms with E-state index in [2.05, 4.69) is 12.2 Å². The molecule has 0 fully saturated rings. The molecule has 0 saturated carbocycles. The van der Waals surface area contributed by atoms with Gasteiger partial charge < -0.3 is 10.1 Å². The highest BCUT2D eigenvalue weighted by molar-refractivity contribution is 5.68. The monoisotopic (exact) mass is 294 g/mol. The van der Waals surface area contributed by atoms with Crippen LogP contribution in [-0.2, 0) is 0 Å². The Morgan fingerprint density at radius 1 is 1.14 bits per heavy atom. The van der Waals surface area contributed by atoms with Crippen molar-refractivity contribution in [1.29, 1.82) is 0 Å². The van der Waals surface area contributed by atoms with E-state index in [-0.39, 0.29) is 10.6 Å². The molecule has 1 aromatic carbocycles. The second-order valence-electron chi connectivity index (χ2n) is 5.04. The van der Waals surface area contributed by atoms with Gasteiger partial charge in [0.1, 0.15) is 5.69 Å². The molecule has 118 valence electrons. The number of nitro benzene ring substituents is 1. The lowest BCUT2D eigenvalue weighted by Gasteiger charge is -2.10. The summed E-state index contributed by atoms with van der Waals surface area (Å²) in [7, 11) is 0. The van der Waals surface area contributed by atoms with Gasteiger partial charge in [0.25, 0.3) is 0 Å². The normalized spacial score (nSPS) is 10.4. The molecular weight excluding hydrogens is 268 g/mol. The number of rotatable bonds is 11. The van der Waals surface area contributed by atoms with E-state index < -0.39 is 0 Å². The van der Waals surface area contributed by atoms with Crippen LogP contribution in [0.15, 0.2) is 18.2 Å². The van der Waals surface area contributed by atoms with Gasteiger partial charge in [0, 0.05) is 6.54 Å². The van der Waals surface area contributed by atoms with E-state index in [0.29, 0.717) is 18.0 Å². The molecule has 0 aliphatic carbocycles. The summed E-state index contributed by atoms with van der Waals surface area (Å²) in [5, 5.41) is 14.4. The molecular formula is C16H26N2O3. The van der Waals surface area contributed by atoms with Crippen molar-refractivity contribution in [3.63, 3.8) is 0 Å². The summed E-state index contributed by atoms with van der Waals surface area (Å²) in [5.41, 5.74) is 0.574. The van der Waals surface area contributed by atoms with Crippen LogP contribution in [0.1, 0.15) is 52.4 Å². The highest BCUT2D eigenvalue weighted by Crippen LogP contribution is 2.34. The van der Waals surface area contributed by atoms with Gasteiger partial charge in [0.05, 0.1) is 11.5 Å². The van der Waals surface area contributed by atoms with E-state index in [1.807, 2.05) is 6.92 Å². The highest BCUT2D eigenvalue weighted by Gasteiger charge is 2.20. The second-order valence-corrected chi connectivity index (χ2v) is 5.04. The van der Waals surface area contributed by atoms with E-state index in [1.54, 1.807) is 18.2 Å². The summed E-state index contributed by atoms with van der Waals surface area (Å²) in [6, 6.07) is 5.15. The molecule has 1 rings (SSSR count). The van der Waals surface area contributed by atoms with Crippen LogP contribution in [0.25, 0.3) is 0 Å². The lowest BCUT2D eigenvalue weighted by molar-refractivity contribution is -0.384. The zero-order valence-corrected chi connectivity index (χ0v) is 13.1. The zero-order chi connectivity index (χ0) is 15.5. The maximum atomic E-state index is 11.2. The molecule has 1 aromatic rings. The van der Waals surface area contributed by atoms with Gasteiger partial charge in [-0.15, -0.1) is 0 Å². The third kappa shape index (κ3) is 6.02. The van der Waals surface area contributed by atoms with Crippen LogP contribution in [0.3, 0.4) is 0 Å². The van der Waals surface area contributed by atoms with Gasteiger partial charge >= 0.3 is 5.69 Å². The summed E-state index contributed by atoms with van der Waals surface area (Å²) in [5.74, 6) is 0.329. The third-order valence-corrected chi connectivity index (χ3v) is 3.33. The van der Waals surface area contributed by atoms with Crippen LogP contribution < -0.4 is 10.1 Å². The summed E-state index contributed by atoms with van der Waals surface area (Å²) in [4.78, 5) is 10.8. The summed E-state index contributed by atoms with van der Waals surface area (Å²) < 4.78 is 5.33. The predicted octanol–water partition coefficient (Wildman–Crippen LogP) is 4.77. The van der Waals surface area contributed by atoms with Crippen LogP contribution in [0.4, 0.5) is 11.4 Å². The van der Waals surface area contributed by atoms with Crippen LogP contribution in [0.5, 0.6) is 5.75 Å². The van der Waals surface area contributed by atoms with Crippen molar-refractivity contribution in [2.24, 2.45) is 0 Å².